The summed E-state index contributed by atoms with van der Waals surface area (Å²) in [4.78, 5) is 10.6. The predicted octanol–water partition coefficient (Wildman–Crippen LogP) is 4.34. The molecule has 4 heterocycles. The van der Waals surface area contributed by atoms with Gasteiger partial charge in [0.25, 0.3) is 0 Å². The third-order valence-electron chi connectivity index (χ3n) is 5.70. The van der Waals surface area contributed by atoms with Crippen molar-refractivity contribution in [2.75, 3.05) is 13.1 Å². The molecule has 1 N–H and O–H groups in total. The minimum Gasteiger partial charge on any atom is -0.343 e. The van der Waals surface area contributed by atoms with Crippen LogP contribution in [0.15, 0.2) is 24.4 Å². The molecule has 4 rings (SSSR count). The normalized spacial score (nSPS) is 18.9. The lowest BCUT2D eigenvalue weighted by Gasteiger charge is -2.32. The molecule has 0 amide bonds. The zero-order valence-electron chi connectivity index (χ0n) is 16.3. The zero-order valence-corrected chi connectivity index (χ0v) is 16.3. The molecule has 1 aliphatic rings. The van der Waals surface area contributed by atoms with E-state index in [1.54, 1.807) is 0 Å². The fraction of sp³-hybridized carbons (Fsp3) is 0.524. The Morgan fingerprint density at radius 3 is 2.88 bits per heavy atom. The van der Waals surface area contributed by atoms with Gasteiger partial charge in [0.05, 0.1) is 5.69 Å². The number of rotatable bonds is 4. The number of aromatic nitrogens is 4. The topological polar surface area (TPSA) is 49.7 Å². The Labute approximate surface area is 155 Å². The molecule has 0 radical (unpaired) electrons. The largest absolute Gasteiger partial charge is 0.343 e. The van der Waals surface area contributed by atoms with Gasteiger partial charge in [0.15, 0.2) is 0 Å². The lowest BCUT2D eigenvalue weighted by Crippen LogP contribution is -2.34. The number of aromatic amines is 1. The van der Waals surface area contributed by atoms with Crippen molar-refractivity contribution in [2.45, 2.75) is 59.0 Å². The lowest BCUT2D eigenvalue weighted by molar-refractivity contribution is 0.198. The van der Waals surface area contributed by atoms with Crippen LogP contribution >= 0.6 is 0 Å². The van der Waals surface area contributed by atoms with Crippen LogP contribution in [0.3, 0.4) is 0 Å². The van der Waals surface area contributed by atoms with Gasteiger partial charge in [-0.25, -0.2) is 4.98 Å². The molecule has 0 saturated carbocycles. The van der Waals surface area contributed by atoms with Gasteiger partial charge in [0.1, 0.15) is 5.65 Å². The molecular formula is C21H29N5. The van der Waals surface area contributed by atoms with Crippen LogP contribution in [0.2, 0.25) is 0 Å². The summed E-state index contributed by atoms with van der Waals surface area (Å²) in [6, 6.07) is 6.83. The van der Waals surface area contributed by atoms with Crippen LogP contribution in [-0.4, -0.2) is 37.7 Å². The molecule has 1 unspecified atom stereocenters. The van der Waals surface area contributed by atoms with Crippen LogP contribution in [0.1, 0.15) is 61.3 Å². The number of fused-ring (bicyclic) bond motifs is 1. The van der Waals surface area contributed by atoms with E-state index >= 15 is 0 Å². The molecule has 1 atom stereocenters. The van der Waals surface area contributed by atoms with Crippen molar-refractivity contribution in [2.24, 2.45) is 0 Å². The summed E-state index contributed by atoms with van der Waals surface area (Å²) in [5, 5.41) is 5.97. The fourth-order valence-electron chi connectivity index (χ4n) is 4.30. The summed E-state index contributed by atoms with van der Waals surface area (Å²) < 4.78 is 2.16. The average Bonchev–Trinajstić information content (AvgIpc) is 3.18. The van der Waals surface area contributed by atoms with Crippen molar-refractivity contribution in [3.05, 3.63) is 47.0 Å². The van der Waals surface area contributed by atoms with Gasteiger partial charge in [-0.05, 0) is 65.3 Å². The highest BCUT2D eigenvalue weighted by molar-refractivity contribution is 5.76. The molecule has 0 spiro atoms. The van der Waals surface area contributed by atoms with E-state index in [0.717, 1.165) is 18.7 Å². The number of H-pyrrole nitrogens is 1. The Bertz CT molecular complexity index is 871. The van der Waals surface area contributed by atoms with Crippen molar-refractivity contribution < 1.29 is 0 Å². The van der Waals surface area contributed by atoms with E-state index in [0.29, 0.717) is 12.0 Å². The first-order chi connectivity index (χ1) is 12.5. The van der Waals surface area contributed by atoms with Crippen molar-refractivity contribution in [1.29, 1.82) is 0 Å². The van der Waals surface area contributed by atoms with Gasteiger partial charge in [-0.2, -0.15) is 5.10 Å². The average molecular weight is 351 g/mol. The van der Waals surface area contributed by atoms with Crippen molar-refractivity contribution >= 4 is 11.0 Å². The van der Waals surface area contributed by atoms with Gasteiger partial charge in [-0.3, -0.25) is 9.58 Å². The molecule has 0 bridgehead atoms. The highest BCUT2D eigenvalue weighted by Crippen LogP contribution is 2.30. The highest BCUT2D eigenvalue weighted by atomic mass is 15.3. The minimum absolute atomic E-state index is 0.412. The van der Waals surface area contributed by atoms with Crippen molar-refractivity contribution in [1.82, 2.24) is 24.6 Å². The molecule has 0 aromatic carbocycles. The van der Waals surface area contributed by atoms with E-state index in [9.17, 15) is 0 Å². The summed E-state index contributed by atoms with van der Waals surface area (Å²) in [5.41, 5.74) is 6.22. The Hall–Kier alpha value is -2.14. The number of nitrogens with zero attached hydrogens (tertiary/aromatic N) is 4. The first-order valence-electron chi connectivity index (χ1n) is 9.73. The number of hydrogen-bond donors (Lipinski definition) is 1. The van der Waals surface area contributed by atoms with Crippen LogP contribution in [0.4, 0.5) is 0 Å². The molecule has 1 aliphatic heterocycles. The number of piperidine rings is 1. The third-order valence-corrected chi connectivity index (χ3v) is 5.70. The number of hydrogen-bond acceptors (Lipinski definition) is 3. The second kappa shape index (κ2) is 6.88. The quantitative estimate of drug-likeness (QED) is 0.761. The van der Waals surface area contributed by atoms with Gasteiger partial charge in [-0.15, -0.1) is 0 Å². The first kappa shape index (κ1) is 17.3. The van der Waals surface area contributed by atoms with E-state index in [1.807, 2.05) is 12.3 Å². The maximum Gasteiger partial charge on any atom is 0.137 e. The second-order valence-electron chi connectivity index (χ2n) is 7.93. The van der Waals surface area contributed by atoms with Crippen LogP contribution < -0.4 is 0 Å². The molecule has 26 heavy (non-hydrogen) atoms. The Kier molecular flexibility index (Phi) is 4.57. The van der Waals surface area contributed by atoms with Gasteiger partial charge >= 0.3 is 0 Å². The summed E-state index contributed by atoms with van der Waals surface area (Å²) in [6.07, 6.45) is 4.34. The van der Waals surface area contributed by atoms with E-state index in [2.05, 4.69) is 59.4 Å². The summed E-state index contributed by atoms with van der Waals surface area (Å²) in [6.45, 7) is 12.0. The number of likely N-dealkylation sites (tertiary alicyclic amines) is 1. The van der Waals surface area contributed by atoms with Crippen LogP contribution in [-0.2, 0) is 6.54 Å². The zero-order chi connectivity index (χ0) is 18.3. The predicted molar refractivity (Wildman–Crippen MR) is 105 cm³/mol. The Morgan fingerprint density at radius 2 is 2.15 bits per heavy atom. The van der Waals surface area contributed by atoms with Gasteiger partial charge in [-0.1, -0.05) is 0 Å². The monoisotopic (exact) mass is 351 g/mol. The van der Waals surface area contributed by atoms with Crippen LogP contribution in [0.25, 0.3) is 11.0 Å². The van der Waals surface area contributed by atoms with E-state index in [-0.39, 0.29) is 0 Å². The molecule has 1 fully saturated rings. The second-order valence-corrected chi connectivity index (χ2v) is 7.93. The molecule has 138 valence electrons. The molecule has 3 aromatic rings. The number of pyridine rings is 1. The molecule has 0 aliphatic carbocycles. The number of aryl methyl sites for hydroxylation is 1. The lowest BCUT2D eigenvalue weighted by atomic mass is 9.94. The fourth-order valence-corrected chi connectivity index (χ4v) is 4.30. The Balaban J connectivity index is 1.52. The van der Waals surface area contributed by atoms with E-state index < -0.39 is 0 Å². The summed E-state index contributed by atoms with van der Waals surface area (Å²) >= 11 is 0. The molecule has 5 heteroatoms. The van der Waals surface area contributed by atoms with Crippen molar-refractivity contribution in [3.63, 3.8) is 0 Å². The smallest absolute Gasteiger partial charge is 0.137 e. The third kappa shape index (κ3) is 3.16. The molecule has 5 nitrogen and oxygen atoms in total. The molecule has 3 aromatic heterocycles. The summed E-state index contributed by atoms with van der Waals surface area (Å²) in [7, 11) is 0. The van der Waals surface area contributed by atoms with Crippen LogP contribution in [0.5, 0.6) is 0 Å². The molecular weight excluding hydrogens is 322 g/mol. The van der Waals surface area contributed by atoms with Gasteiger partial charge in [0.2, 0.25) is 0 Å². The molecule has 1 saturated heterocycles. The standard InChI is InChI=1S/C21H29N5/c1-14(2)26-16(4)19(15(3)24-26)13-25-10-6-8-18(12-25)20-11-17-7-5-9-22-21(17)23-20/h5,7,9,11,14,18H,6,8,10,12-13H2,1-4H3,(H,22,23). The SMILES string of the molecule is Cc1nn(C(C)C)c(C)c1CN1CCCC(c2cc3cccnc3[nH]2)C1. The number of nitrogens with one attached hydrogen (secondary N) is 1. The maximum atomic E-state index is 4.76. The Morgan fingerprint density at radius 1 is 1.31 bits per heavy atom. The highest BCUT2D eigenvalue weighted by Gasteiger charge is 2.25. The first-order valence-corrected chi connectivity index (χ1v) is 9.73. The van der Waals surface area contributed by atoms with Crippen molar-refractivity contribution in [3.8, 4) is 0 Å². The maximum absolute atomic E-state index is 4.76. The van der Waals surface area contributed by atoms with Gasteiger partial charge in [0, 0.05) is 53.6 Å². The minimum atomic E-state index is 0.412. The van der Waals surface area contributed by atoms with E-state index in [4.69, 9.17) is 5.10 Å². The summed E-state index contributed by atoms with van der Waals surface area (Å²) in [5.74, 6) is 0.554. The van der Waals surface area contributed by atoms with Gasteiger partial charge < -0.3 is 4.98 Å². The van der Waals surface area contributed by atoms with Crippen LogP contribution in [0, 0.1) is 13.8 Å². The van der Waals surface area contributed by atoms with E-state index in [1.165, 1.54) is 47.4 Å².